The van der Waals surface area contributed by atoms with Crippen molar-refractivity contribution in [1.29, 1.82) is 0 Å². The van der Waals surface area contributed by atoms with Crippen LogP contribution < -0.4 is 4.72 Å². The average Bonchev–Trinajstić information content (AvgIpc) is 2.34. The summed E-state index contributed by atoms with van der Waals surface area (Å²) in [5.41, 5.74) is 0.425. The van der Waals surface area contributed by atoms with E-state index in [9.17, 15) is 8.42 Å². The standard InChI is InChI=1S/C14H22ClNO3S/c1-11-9-12(15)5-6-13(11)20(18,19)16-10-14(2,3)7-4-8-17/h5-6,9,16-17H,4,7-8,10H2,1-3H3. The van der Waals surface area contributed by atoms with E-state index < -0.39 is 10.0 Å². The third-order valence-corrected chi connectivity index (χ3v) is 4.98. The Morgan fingerprint density at radius 1 is 1.35 bits per heavy atom. The quantitative estimate of drug-likeness (QED) is 0.812. The van der Waals surface area contributed by atoms with Gasteiger partial charge in [0.15, 0.2) is 0 Å². The molecule has 0 spiro atoms. The van der Waals surface area contributed by atoms with Gasteiger partial charge in [0.1, 0.15) is 0 Å². The summed E-state index contributed by atoms with van der Waals surface area (Å²) in [4.78, 5) is 0.250. The Labute approximate surface area is 126 Å². The van der Waals surface area contributed by atoms with Crippen LogP contribution in [0.3, 0.4) is 0 Å². The summed E-state index contributed by atoms with van der Waals surface area (Å²) >= 11 is 5.83. The minimum Gasteiger partial charge on any atom is -0.396 e. The van der Waals surface area contributed by atoms with E-state index in [1.165, 1.54) is 6.07 Å². The highest BCUT2D eigenvalue weighted by molar-refractivity contribution is 7.89. The molecular formula is C14H22ClNO3S. The van der Waals surface area contributed by atoms with E-state index in [2.05, 4.69) is 4.72 Å². The van der Waals surface area contributed by atoms with Crippen molar-refractivity contribution in [3.8, 4) is 0 Å². The van der Waals surface area contributed by atoms with Gasteiger partial charge in [0.25, 0.3) is 0 Å². The van der Waals surface area contributed by atoms with E-state index in [-0.39, 0.29) is 16.9 Å². The van der Waals surface area contributed by atoms with Gasteiger partial charge in [-0.25, -0.2) is 13.1 Å². The van der Waals surface area contributed by atoms with Crippen molar-refractivity contribution < 1.29 is 13.5 Å². The van der Waals surface area contributed by atoms with Crippen molar-refractivity contribution in [3.63, 3.8) is 0 Å². The fraction of sp³-hybridized carbons (Fsp3) is 0.571. The summed E-state index contributed by atoms with van der Waals surface area (Å²) < 4.78 is 27.2. The molecule has 0 heterocycles. The van der Waals surface area contributed by atoms with Crippen molar-refractivity contribution in [3.05, 3.63) is 28.8 Å². The predicted octanol–water partition coefficient (Wildman–Crippen LogP) is 2.73. The molecule has 2 N–H and O–H groups in total. The number of aliphatic hydroxyl groups excluding tert-OH is 1. The minimum atomic E-state index is -3.54. The van der Waals surface area contributed by atoms with E-state index in [4.69, 9.17) is 16.7 Å². The molecule has 0 aliphatic carbocycles. The summed E-state index contributed by atoms with van der Waals surface area (Å²) in [5.74, 6) is 0. The number of halogens is 1. The first kappa shape index (κ1) is 17.4. The minimum absolute atomic E-state index is 0.118. The molecule has 0 aliphatic heterocycles. The second-order valence-corrected chi connectivity index (χ2v) is 7.90. The number of hydrogen-bond acceptors (Lipinski definition) is 3. The zero-order valence-electron chi connectivity index (χ0n) is 12.1. The Bertz CT molecular complexity index is 556. The first-order valence-electron chi connectivity index (χ1n) is 6.55. The van der Waals surface area contributed by atoms with Gasteiger partial charge in [0.2, 0.25) is 10.0 Å². The van der Waals surface area contributed by atoms with E-state index in [0.29, 0.717) is 23.6 Å². The smallest absolute Gasteiger partial charge is 0.240 e. The Hall–Kier alpha value is -0.620. The molecule has 4 nitrogen and oxygen atoms in total. The first-order chi connectivity index (χ1) is 9.18. The largest absolute Gasteiger partial charge is 0.396 e. The Kier molecular flexibility index (Phi) is 6.01. The lowest BCUT2D eigenvalue weighted by Crippen LogP contribution is -2.34. The maximum absolute atomic E-state index is 12.3. The van der Waals surface area contributed by atoms with Gasteiger partial charge in [-0.1, -0.05) is 25.4 Å². The lowest BCUT2D eigenvalue weighted by molar-refractivity contribution is 0.242. The summed E-state index contributed by atoms with van der Waals surface area (Å²) in [6.07, 6.45) is 1.42. The monoisotopic (exact) mass is 319 g/mol. The van der Waals surface area contributed by atoms with Crippen molar-refractivity contribution >= 4 is 21.6 Å². The van der Waals surface area contributed by atoms with Gasteiger partial charge in [-0.2, -0.15) is 0 Å². The number of rotatable bonds is 7. The summed E-state index contributed by atoms with van der Waals surface area (Å²) in [6.45, 7) is 6.11. The van der Waals surface area contributed by atoms with E-state index in [0.717, 1.165) is 6.42 Å². The second kappa shape index (κ2) is 6.89. The van der Waals surface area contributed by atoms with E-state index >= 15 is 0 Å². The Balaban J connectivity index is 2.80. The molecule has 0 amide bonds. The van der Waals surface area contributed by atoms with Crippen LogP contribution in [0.1, 0.15) is 32.3 Å². The molecule has 0 saturated carbocycles. The summed E-state index contributed by atoms with van der Waals surface area (Å²) in [6, 6.07) is 4.72. The highest BCUT2D eigenvalue weighted by Crippen LogP contribution is 2.23. The molecular weight excluding hydrogens is 298 g/mol. The van der Waals surface area contributed by atoms with Crippen LogP contribution in [0.25, 0.3) is 0 Å². The average molecular weight is 320 g/mol. The zero-order chi connectivity index (χ0) is 15.4. The molecule has 0 radical (unpaired) electrons. The molecule has 6 heteroatoms. The topological polar surface area (TPSA) is 66.4 Å². The number of aryl methyl sites for hydroxylation is 1. The normalized spacial score (nSPS) is 12.7. The van der Waals surface area contributed by atoms with Crippen molar-refractivity contribution in [1.82, 2.24) is 4.72 Å². The molecule has 1 rings (SSSR count). The van der Waals surface area contributed by atoms with Gasteiger partial charge in [-0.05, 0) is 48.9 Å². The molecule has 1 aromatic rings. The van der Waals surface area contributed by atoms with Crippen LogP contribution in [0.2, 0.25) is 5.02 Å². The Morgan fingerprint density at radius 3 is 2.55 bits per heavy atom. The van der Waals surface area contributed by atoms with Gasteiger partial charge in [0.05, 0.1) is 4.90 Å². The fourth-order valence-electron chi connectivity index (χ4n) is 1.93. The SMILES string of the molecule is Cc1cc(Cl)ccc1S(=O)(=O)NCC(C)(C)CCCO. The molecule has 0 unspecified atom stereocenters. The molecule has 114 valence electrons. The highest BCUT2D eigenvalue weighted by Gasteiger charge is 2.23. The molecule has 0 fully saturated rings. The lowest BCUT2D eigenvalue weighted by atomic mass is 9.88. The molecule has 1 aromatic carbocycles. The first-order valence-corrected chi connectivity index (χ1v) is 8.41. The summed E-state index contributed by atoms with van der Waals surface area (Å²) in [5, 5.41) is 9.37. The molecule has 0 atom stereocenters. The van der Waals surface area contributed by atoms with Crippen molar-refractivity contribution in [2.45, 2.75) is 38.5 Å². The molecule has 0 aliphatic rings. The van der Waals surface area contributed by atoms with Gasteiger partial charge in [-0.3, -0.25) is 0 Å². The van der Waals surface area contributed by atoms with Crippen molar-refractivity contribution in [2.75, 3.05) is 13.2 Å². The molecule has 0 aromatic heterocycles. The van der Waals surface area contributed by atoms with Gasteiger partial charge < -0.3 is 5.11 Å². The van der Waals surface area contributed by atoms with Crippen LogP contribution >= 0.6 is 11.6 Å². The number of hydrogen-bond donors (Lipinski definition) is 2. The zero-order valence-corrected chi connectivity index (χ0v) is 13.7. The maximum Gasteiger partial charge on any atom is 0.240 e. The van der Waals surface area contributed by atoms with E-state index in [1.54, 1.807) is 19.1 Å². The lowest BCUT2D eigenvalue weighted by Gasteiger charge is -2.24. The van der Waals surface area contributed by atoms with Crippen LogP contribution in [0, 0.1) is 12.3 Å². The van der Waals surface area contributed by atoms with Crippen molar-refractivity contribution in [2.24, 2.45) is 5.41 Å². The van der Waals surface area contributed by atoms with Gasteiger partial charge in [0, 0.05) is 18.2 Å². The molecule has 0 bridgehead atoms. The third-order valence-electron chi connectivity index (χ3n) is 3.18. The summed E-state index contributed by atoms with van der Waals surface area (Å²) in [7, 11) is -3.54. The van der Waals surface area contributed by atoms with E-state index in [1.807, 2.05) is 13.8 Å². The highest BCUT2D eigenvalue weighted by atomic mass is 35.5. The number of nitrogens with one attached hydrogen (secondary N) is 1. The van der Waals surface area contributed by atoms with Crippen LogP contribution in [0.5, 0.6) is 0 Å². The van der Waals surface area contributed by atoms with Crippen LogP contribution in [-0.2, 0) is 10.0 Å². The molecule has 20 heavy (non-hydrogen) atoms. The van der Waals surface area contributed by atoms with Gasteiger partial charge in [-0.15, -0.1) is 0 Å². The maximum atomic E-state index is 12.3. The Morgan fingerprint density at radius 2 is 2.00 bits per heavy atom. The number of aliphatic hydroxyl groups is 1. The van der Waals surface area contributed by atoms with Crippen LogP contribution in [0.4, 0.5) is 0 Å². The predicted molar refractivity (Wildman–Crippen MR) is 81.5 cm³/mol. The van der Waals surface area contributed by atoms with Crippen LogP contribution in [-0.4, -0.2) is 26.7 Å². The third kappa shape index (κ3) is 5.05. The second-order valence-electron chi connectivity index (χ2n) is 5.73. The number of benzene rings is 1. The molecule has 0 saturated heterocycles. The number of sulfonamides is 1. The fourth-order valence-corrected chi connectivity index (χ4v) is 3.62. The van der Waals surface area contributed by atoms with Gasteiger partial charge >= 0.3 is 0 Å². The van der Waals surface area contributed by atoms with Crippen LogP contribution in [0.15, 0.2) is 23.1 Å².